The van der Waals surface area contributed by atoms with Gasteiger partial charge in [-0.15, -0.1) is 0 Å². The average Bonchev–Trinajstić information content (AvgIpc) is 2.48. The molecular formula is C15H21N3O2S. The van der Waals surface area contributed by atoms with E-state index in [1.165, 1.54) is 6.07 Å². The summed E-state index contributed by atoms with van der Waals surface area (Å²) in [4.78, 5) is 6.32. The van der Waals surface area contributed by atoms with Crippen LogP contribution >= 0.6 is 0 Å². The number of para-hydroxylation sites is 1. The van der Waals surface area contributed by atoms with E-state index in [1.54, 1.807) is 6.07 Å². The van der Waals surface area contributed by atoms with Crippen molar-refractivity contribution in [2.24, 2.45) is 0 Å². The van der Waals surface area contributed by atoms with Gasteiger partial charge < -0.3 is 10.6 Å². The van der Waals surface area contributed by atoms with Crippen molar-refractivity contribution in [3.05, 3.63) is 30.3 Å². The lowest BCUT2D eigenvalue weighted by molar-refractivity contribution is 0.321. The van der Waals surface area contributed by atoms with Gasteiger partial charge in [-0.25, -0.2) is 13.4 Å². The topological polar surface area (TPSA) is 76.3 Å². The second-order valence-corrected chi connectivity index (χ2v) is 6.97. The van der Waals surface area contributed by atoms with E-state index in [1.807, 2.05) is 32.0 Å². The van der Waals surface area contributed by atoms with Crippen LogP contribution in [-0.2, 0) is 9.84 Å². The van der Waals surface area contributed by atoms with E-state index in [0.29, 0.717) is 17.7 Å². The molecule has 0 spiro atoms. The maximum absolute atomic E-state index is 12.4. The molecule has 0 unspecified atom stereocenters. The molecule has 0 bridgehead atoms. The van der Waals surface area contributed by atoms with E-state index >= 15 is 0 Å². The van der Waals surface area contributed by atoms with Crippen LogP contribution in [0.2, 0.25) is 0 Å². The number of rotatable bonds is 6. The molecule has 0 radical (unpaired) electrons. The van der Waals surface area contributed by atoms with Crippen molar-refractivity contribution in [2.75, 3.05) is 31.1 Å². The first kappa shape index (κ1) is 15.7. The zero-order chi connectivity index (χ0) is 15.5. The molecule has 0 aliphatic carbocycles. The van der Waals surface area contributed by atoms with E-state index in [-0.39, 0.29) is 10.8 Å². The zero-order valence-electron chi connectivity index (χ0n) is 12.4. The smallest absolute Gasteiger partial charge is 0.196 e. The molecule has 2 N–H and O–H groups in total. The highest BCUT2D eigenvalue weighted by molar-refractivity contribution is 7.91. The Balaban J connectivity index is 2.32. The molecule has 5 nitrogen and oxygen atoms in total. The normalized spacial score (nSPS) is 12.1. The predicted molar refractivity (Wildman–Crippen MR) is 86.0 cm³/mol. The Morgan fingerprint density at radius 3 is 2.52 bits per heavy atom. The lowest BCUT2D eigenvalue weighted by Gasteiger charge is -2.17. The largest absolute Gasteiger partial charge is 0.398 e. The maximum Gasteiger partial charge on any atom is 0.196 e. The Morgan fingerprint density at radius 2 is 1.86 bits per heavy atom. The Labute approximate surface area is 125 Å². The molecule has 0 saturated carbocycles. The van der Waals surface area contributed by atoms with Gasteiger partial charge in [-0.2, -0.15) is 0 Å². The summed E-state index contributed by atoms with van der Waals surface area (Å²) in [6, 6.07) is 8.75. The summed E-state index contributed by atoms with van der Waals surface area (Å²) >= 11 is 0. The molecule has 114 valence electrons. The number of nitrogens with zero attached hydrogens (tertiary/aromatic N) is 2. The first-order valence-electron chi connectivity index (χ1n) is 7.08. The molecule has 1 aromatic heterocycles. The SMILES string of the molecule is CCN(CC)CCS(=O)(=O)c1cc(N)c2ccccc2n1. The molecule has 0 fully saturated rings. The lowest BCUT2D eigenvalue weighted by atomic mass is 10.2. The fourth-order valence-electron chi connectivity index (χ4n) is 2.23. The van der Waals surface area contributed by atoms with Gasteiger partial charge in [0.2, 0.25) is 0 Å². The van der Waals surface area contributed by atoms with Gasteiger partial charge in [-0.05, 0) is 25.2 Å². The van der Waals surface area contributed by atoms with E-state index < -0.39 is 9.84 Å². The number of anilines is 1. The first-order valence-corrected chi connectivity index (χ1v) is 8.73. The number of hydrogen-bond acceptors (Lipinski definition) is 5. The molecule has 6 heteroatoms. The molecule has 2 rings (SSSR count). The van der Waals surface area contributed by atoms with E-state index in [4.69, 9.17) is 5.73 Å². The van der Waals surface area contributed by atoms with Gasteiger partial charge in [0.15, 0.2) is 14.9 Å². The predicted octanol–water partition coefficient (Wildman–Crippen LogP) is 1.93. The fraction of sp³-hybridized carbons (Fsp3) is 0.400. The monoisotopic (exact) mass is 307 g/mol. The van der Waals surface area contributed by atoms with Gasteiger partial charge >= 0.3 is 0 Å². The minimum atomic E-state index is -3.42. The molecular weight excluding hydrogens is 286 g/mol. The van der Waals surface area contributed by atoms with Gasteiger partial charge in [0.05, 0.1) is 11.3 Å². The average molecular weight is 307 g/mol. The van der Waals surface area contributed by atoms with Crippen LogP contribution in [0.4, 0.5) is 5.69 Å². The van der Waals surface area contributed by atoms with Gasteiger partial charge in [-0.1, -0.05) is 32.0 Å². The van der Waals surface area contributed by atoms with Crippen molar-refractivity contribution in [1.82, 2.24) is 9.88 Å². The highest BCUT2D eigenvalue weighted by Gasteiger charge is 2.19. The van der Waals surface area contributed by atoms with Gasteiger partial charge in [0.25, 0.3) is 0 Å². The number of hydrogen-bond donors (Lipinski definition) is 1. The van der Waals surface area contributed by atoms with Crippen molar-refractivity contribution in [3.63, 3.8) is 0 Å². The van der Waals surface area contributed by atoms with E-state index in [0.717, 1.165) is 18.5 Å². The summed E-state index contributed by atoms with van der Waals surface area (Å²) in [6.07, 6.45) is 0. The Kier molecular flexibility index (Phi) is 4.80. The van der Waals surface area contributed by atoms with Gasteiger partial charge in [0, 0.05) is 17.6 Å². The molecule has 0 amide bonds. The van der Waals surface area contributed by atoms with Crippen LogP contribution in [0.15, 0.2) is 35.4 Å². The van der Waals surface area contributed by atoms with Crippen LogP contribution in [0, 0.1) is 0 Å². The third kappa shape index (κ3) is 3.51. The number of nitrogens with two attached hydrogens (primary N) is 1. The summed E-state index contributed by atoms with van der Waals surface area (Å²) in [5.74, 6) is 0.0550. The van der Waals surface area contributed by atoms with Crippen molar-refractivity contribution in [1.29, 1.82) is 0 Å². The van der Waals surface area contributed by atoms with Gasteiger partial charge in [-0.3, -0.25) is 0 Å². The van der Waals surface area contributed by atoms with Crippen LogP contribution < -0.4 is 5.73 Å². The molecule has 0 atom stereocenters. The molecule has 1 heterocycles. The molecule has 1 aromatic carbocycles. The summed E-state index contributed by atoms with van der Waals surface area (Å²) < 4.78 is 24.8. The maximum atomic E-state index is 12.4. The van der Waals surface area contributed by atoms with Crippen molar-refractivity contribution in [2.45, 2.75) is 18.9 Å². The summed E-state index contributed by atoms with van der Waals surface area (Å²) in [5, 5.41) is 0.839. The molecule has 2 aromatic rings. The second kappa shape index (κ2) is 6.41. The van der Waals surface area contributed by atoms with E-state index in [9.17, 15) is 8.42 Å². The Morgan fingerprint density at radius 1 is 1.19 bits per heavy atom. The summed E-state index contributed by atoms with van der Waals surface area (Å²) in [5.41, 5.74) is 7.00. The van der Waals surface area contributed by atoms with Crippen LogP contribution in [0.25, 0.3) is 10.9 Å². The molecule has 0 saturated heterocycles. The van der Waals surface area contributed by atoms with Gasteiger partial charge in [0.1, 0.15) is 0 Å². The molecule has 21 heavy (non-hydrogen) atoms. The zero-order valence-corrected chi connectivity index (χ0v) is 13.2. The molecule has 0 aliphatic heterocycles. The number of aromatic nitrogens is 1. The third-order valence-electron chi connectivity index (χ3n) is 3.61. The van der Waals surface area contributed by atoms with Crippen LogP contribution in [0.5, 0.6) is 0 Å². The number of sulfone groups is 1. The lowest BCUT2D eigenvalue weighted by Crippen LogP contribution is -2.29. The van der Waals surface area contributed by atoms with Crippen LogP contribution in [0.1, 0.15) is 13.8 Å². The highest BCUT2D eigenvalue weighted by atomic mass is 32.2. The number of pyridine rings is 1. The van der Waals surface area contributed by atoms with Crippen molar-refractivity contribution < 1.29 is 8.42 Å². The van der Waals surface area contributed by atoms with Crippen LogP contribution in [0.3, 0.4) is 0 Å². The van der Waals surface area contributed by atoms with Crippen molar-refractivity contribution in [3.8, 4) is 0 Å². The van der Waals surface area contributed by atoms with Crippen LogP contribution in [-0.4, -0.2) is 43.7 Å². The fourth-order valence-corrected chi connectivity index (χ4v) is 3.48. The highest BCUT2D eigenvalue weighted by Crippen LogP contribution is 2.22. The summed E-state index contributed by atoms with van der Waals surface area (Å²) in [6.45, 7) is 6.20. The first-order chi connectivity index (χ1) is 9.97. The van der Waals surface area contributed by atoms with E-state index in [2.05, 4.69) is 9.88 Å². The number of benzene rings is 1. The Hall–Kier alpha value is -1.66. The quantitative estimate of drug-likeness (QED) is 0.882. The second-order valence-electron chi connectivity index (χ2n) is 4.91. The summed E-state index contributed by atoms with van der Waals surface area (Å²) in [7, 11) is -3.42. The van der Waals surface area contributed by atoms with Crippen molar-refractivity contribution >= 4 is 26.4 Å². The number of fused-ring (bicyclic) bond motifs is 1. The third-order valence-corrected chi connectivity index (χ3v) is 5.18. The standard InChI is InChI=1S/C15H21N3O2S/c1-3-18(4-2)9-10-21(19,20)15-11-13(16)12-7-5-6-8-14(12)17-15/h5-8,11H,3-4,9-10H2,1-2H3,(H2,16,17). The minimum absolute atomic E-state index is 0.0550. The Bertz CT molecular complexity index is 725. The molecule has 0 aliphatic rings. The minimum Gasteiger partial charge on any atom is -0.398 e. The number of nitrogen functional groups attached to an aromatic ring is 1.